The second-order valence-electron chi connectivity index (χ2n) is 6.27. The van der Waals surface area contributed by atoms with E-state index in [0.717, 1.165) is 37.6 Å². The maximum Gasteiger partial charge on any atom is 0.282 e. The van der Waals surface area contributed by atoms with Crippen molar-refractivity contribution in [1.29, 1.82) is 0 Å². The quantitative estimate of drug-likeness (QED) is 0.648. The number of pyridine rings is 1. The fourth-order valence-electron chi connectivity index (χ4n) is 2.88. The van der Waals surface area contributed by atoms with Crippen molar-refractivity contribution in [3.05, 3.63) is 63.8 Å². The number of aromatic nitrogens is 1. The van der Waals surface area contributed by atoms with Gasteiger partial charge in [-0.25, -0.2) is 4.98 Å². The van der Waals surface area contributed by atoms with E-state index >= 15 is 0 Å². The van der Waals surface area contributed by atoms with Crippen molar-refractivity contribution in [3.8, 4) is 0 Å². The van der Waals surface area contributed by atoms with Gasteiger partial charge in [-0.05, 0) is 30.8 Å². The third kappa shape index (κ3) is 4.15. The number of anilines is 1. The van der Waals surface area contributed by atoms with Crippen molar-refractivity contribution in [1.82, 2.24) is 15.2 Å². The Labute approximate surface area is 151 Å². The minimum Gasteiger partial charge on any atom is -0.354 e. The zero-order valence-corrected chi connectivity index (χ0v) is 14.6. The summed E-state index contributed by atoms with van der Waals surface area (Å²) in [5, 5.41) is 13.8. The molecule has 0 radical (unpaired) electrons. The Morgan fingerprint density at radius 3 is 2.69 bits per heavy atom. The van der Waals surface area contributed by atoms with Crippen molar-refractivity contribution >= 4 is 17.4 Å². The number of carbonyl (C=O) groups is 1. The number of likely N-dealkylation sites (N-methyl/N-ethyl adjacent to an activating group) is 1. The molecule has 1 fully saturated rings. The first-order chi connectivity index (χ1) is 12.5. The van der Waals surface area contributed by atoms with E-state index < -0.39 is 10.8 Å². The molecular weight excluding hydrogens is 334 g/mol. The number of nitrogens with zero attached hydrogens (tertiary/aromatic N) is 4. The average molecular weight is 355 g/mol. The van der Waals surface area contributed by atoms with Gasteiger partial charge in [-0.2, -0.15) is 0 Å². The second-order valence-corrected chi connectivity index (χ2v) is 6.27. The molecule has 1 N–H and O–H groups in total. The van der Waals surface area contributed by atoms with Crippen LogP contribution in [0.25, 0.3) is 0 Å². The predicted molar refractivity (Wildman–Crippen MR) is 98.2 cm³/mol. The Hall–Kier alpha value is -3.00. The highest BCUT2D eigenvalue weighted by atomic mass is 16.6. The summed E-state index contributed by atoms with van der Waals surface area (Å²) in [4.78, 5) is 31.7. The maximum absolute atomic E-state index is 12.3. The molecular formula is C18H21N5O3. The van der Waals surface area contributed by atoms with E-state index in [0.29, 0.717) is 0 Å². The molecule has 0 saturated carbocycles. The van der Waals surface area contributed by atoms with Crippen LogP contribution in [0.4, 0.5) is 11.5 Å². The molecule has 136 valence electrons. The smallest absolute Gasteiger partial charge is 0.282 e. The number of nitrogens with one attached hydrogen (secondary N) is 1. The number of rotatable bonds is 5. The lowest BCUT2D eigenvalue weighted by molar-refractivity contribution is -0.385. The lowest BCUT2D eigenvalue weighted by Gasteiger charge is -2.33. The molecule has 2 heterocycles. The molecule has 0 atom stereocenters. The Bertz CT molecular complexity index is 803. The highest BCUT2D eigenvalue weighted by molar-refractivity contribution is 5.98. The highest BCUT2D eigenvalue weighted by Gasteiger charge is 2.19. The van der Waals surface area contributed by atoms with E-state index in [2.05, 4.69) is 27.1 Å². The molecule has 0 unspecified atom stereocenters. The van der Waals surface area contributed by atoms with E-state index in [1.54, 1.807) is 18.3 Å². The lowest BCUT2D eigenvalue weighted by Crippen LogP contribution is -2.44. The van der Waals surface area contributed by atoms with Gasteiger partial charge in [-0.15, -0.1) is 0 Å². The number of hydrogen-bond donors (Lipinski definition) is 1. The van der Waals surface area contributed by atoms with Gasteiger partial charge in [-0.1, -0.05) is 12.1 Å². The summed E-state index contributed by atoms with van der Waals surface area (Å²) >= 11 is 0. The minimum atomic E-state index is -0.549. The summed E-state index contributed by atoms with van der Waals surface area (Å²) < 4.78 is 0. The zero-order valence-electron chi connectivity index (χ0n) is 14.6. The van der Waals surface area contributed by atoms with E-state index in [9.17, 15) is 14.9 Å². The van der Waals surface area contributed by atoms with Crippen LogP contribution in [0, 0.1) is 10.1 Å². The van der Waals surface area contributed by atoms with Gasteiger partial charge in [0.25, 0.3) is 11.6 Å². The molecule has 2 aromatic rings. The first-order valence-corrected chi connectivity index (χ1v) is 8.44. The summed E-state index contributed by atoms with van der Waals surface area (Å²) in [6.07, 6.45) is 1.72. The summed E-state index contributed by atoms with van der Waals surface area (Å²) in [7, 11) is 2.10. The van der Waals surface area contributed by atoms with Crippen LogP contribution in [0.2, 0.25) is 0 Å². The Morgan fingerprint density at radius 1 is 1.23 bits per heavy atom. The normalized spacial score (nSPS) is 14.9. The van der Waals surface area contributed by atoms with Gasteiger partial charge in [0.15, 0.2) is 0 Å². The van der Waals surface area contributed by atoms with Gasteiger partial charge < -0.3 is 15.1 Å². The number of nitro benzene ring substituents is 1. The molecule has 3 rings (SSSR count). The van der Waals surface area contributed by atoms with Gasteiger partial charge in [0.05, 0.1) is 4.92 Å². The Balaban J connectivity index is 1.66. The second kappa shape index (κ2) is 7.92. The van der Waals surface area contributed by atoms with E-state index in [1.807, 2.05) is 12.1 Å². The third-order valence-electron chi connectivity index (χ3n) is 4.44. The van der Waals surface area contributed by atoms with Crippen LogP contribution in [-0.2, 0) is 6.54 Å². The number of nitro groups is 1. The van der Waals surface area contributed by atoms with Crippen LogP contribution in [-0.4, -0.2) is 53.9 Å². The Morgan fingerprint density at radius 2 is 1.96 bits per heavy atom. The molecule has 1 aliphatic heterocycles. The largest absolute Gasteiger partial charge is 0.354 e. The fourth-order valence-corrected chi connectivity index (χ4v) is 2.88. The summed E-state index contributed by atoms with van der Waals surface area (Å²) in [6.45, 7) is 4.08. The Kier molecular flexibility index (Phi) is 5.43. The van der Waals surface area contributed by atoms with Crippen LogP contribution in [0.1, 0.15) is 15.9 Å². The average Bonchev–Trinajstić information content (AvgIpc) is 2.67. The number of para-hydroxylation sites is 1. The van der Waals surface area contributed by atoms with Gasteiger partial charge in [0, 0.05) is 45.0 Å². The molecule has 0 bridgehead atoms. The van der Waals surface area contributed by atoms with Gasteiger partial charge in [0.1, 0.15) is 11.4 Å². The van der Waals surface area contributed by atoms with E-state index in [1.165, 1.54) is 12.1 Å². The van der Waals surface area contributed by atoms with Gasteiger partial charge in [-0.3, -0.25) is 14.9 Å². The first-order valence-electron chi connectivity index (χ1n) is 8.44. The molecule has 1 aromatic heterocycles. The molecule has 1 saturated heterocycles. The van der Waals surface area contributed by atoms with Crippen molar-refractivity contribution in [2.75, 3.05) is 38.1 Å². The third-order valence-corrected chi connectivity index (χ3v) is 4.44. The summed E-state index contributed by atoms with van der Waals surface area (Å²) in [6, 6.07) is 9.71. The van der Waals surface area contributed by atoms with Gasteiger partial charge in [0.2, 0.25) is 0 Å². The topological polar surface area (TPSA) is 91.6 Å². The van der Waals surface area contributed by atoms with Crippen LogP contribution < -0.4 is 10.2 Å². The van der Waals surface area contributed by atoms with E-state index in [-0.39, 0.29) is 17.8 Å². The standard InChI is InChI=1S/C18H21N5O3/c1-21-8-10-22(11-9-21)17-12-14(6-7-19-17)13-20-18(24)15-4-2-3-5-16(15)23(25)26/h2-7,12H,8-11,13H2,1H3,(H,20,24). The van der Waals surface area contributed by atoms with E-state index in [4.69, 9.17) is 0 Å². The van der Waals surface area contributed by atoms with Crippen LogP contribution in [0.5, 0.6) is 0 Å². The van der Waals surface area contributed by atoms with Crippen molar-refractivity contribution < 1.29 is 9.72 Å². The number of carbonyl (C=O) groups excluding carboxylic acids is 1. The lowest BCUT2D eigenvalue weighted by atomic mass is 10.1. The number of piperazine rings is 1. The number of amides is 1. The van der Waals surface area contributed by atoms with Crippen LogP contribution >= 0.6 is 0 Å². The van der Waals surface area contributed by atoms with Crippen molar-refractivity contribution in [2.24, 2.45) is 0 Å². The van der Waals surface area contributed by atoms with Gasteiger partial charge >= 0.3 is 0 Å². The predicted octanol–water partition coefficient (Wildman–Crippen LogP) is 1.67. The summed E-state index contributed by atoms with van der Waals surface area (Å²) in [5.74, 6) is 0.422. The molecule has 0 spiro atoms. The molecule has 8 heteroatoms. The zero-order chi connectivity index (χ0) is 18.5. The minimum absolute atomic E-state index is 0.0610. The molecule has 0 aliphatic carbocycles. The van der Waals surface area contributed by atoms with Crippen molar-refractivity contribution in [3.63, 3.8) is 0 Å². The highest BCUT2D eigenvalue weighted by Crippen LogP contribution is 2.18. The molecule has 1 amide bonds. The molecule has 26 heavy (non-hydrogen) atoms. The molecule has 8 nitrogen and oxygen atoms in total. The van der Waals surface area contributed by atoms with Crippen molar-refractivity contribution in [2.45, 2.75) is 6.54 Å². The first kappa shape index (κ1) is 17.8. The molecule has 1 aromatic carbocycles. The number of benzene rings is 1. The summed E-state index contributed by atoms with van der Waals surface area (Å²) in [5.41, 5.74) is 0.768. The monoisotopic (exact) mass is 355 g/mol. The van der Waals surface area contributed by atoms with Crippen LogP contribution in [0.15, 0.2) is 42.6 Å². The number of hydrogen-bond acceptors (Lipinski definition) is 6. The molecule has 1 aliphatic rings. The fraction of sp³-hybridized carbons (Fsp3) is 0.333. The SMILES string of the molecule is CN1CCN(c2cc(CNC(=O)c3ccccc3[N+](=O)[O-])ccn2)CC1. The van der Waals surface area contributed by atoms with Crippen LogP contribution in [0.3, 0.4) is 0 Å². The maximum atomic E-state index is 12.3.